The number of amides is 1. The number of carbonyl (C=O) groups excluding carboxylic acids is 1. The van der Waals surface area contributed by atoms with E-state index in [0.29, 0.717) is 26.0 Å². The standard InChI is InChI=1S/C14H22N2O3.ClH/c1-11(15)3-8-14(17)16-9-10-19-13-6-4-12(18-2)5-7-13;/h4-7,11H,3,8-10,15H2,1-2H3,(H,16,17);1H. The van der Waals surface area contributed by atoms with Crippen molar-refractivity contribution in [2.45, 2.75) is 25.8 Å². The van der Waals surface area contributed by atoms with Crippen molar-refractivity contribution in [3.05, 3.63) is 24.3 Å². The Hall–Kier alpha value is -1.46. The number of carbonyl (C=O) groups is 1. The Labute approximate surface area is 126 Å². The Balaban J connectivity index is 0.00000361. The van der Waals surface area contributed by atoms with Crippen molar-refractivity contribution in [3.63, 3.8) is 0 Å². The van der Waals surface area contributed by atoms with Gasteiger partial charge in [-0.2, -0.15) is 0 Å². The van der Waals surface area contributed by atoms with Crippen molar-refractivity contribution >= 4 is 18.3 Å². The molecule has 1 unspecified atom stereocenters. The molecule has 1 aromatic carbocycles. The van der Waals surface area contributed by atoms with Crippen LogP contribution in [0.15, 0.2) is 24.3 Å². The van der Waals surface area contributed by atoms with Gasteiger partial charge in [-0.15, -0.1) is 12.4 Å². The van der Waals surface area contributed by atoms with E-state index in [9.17, 15) is 4.79 Å². The highest BCUT2D eigenvalue weighted by atomic mass is 35.5. The molecule has 1 rings (SSSR count). The zero-order valence-electron chi connectivity index (χ0n) is 11.9. The van der Waals surface area contributed by atoms with Gasteiger partial charge in [-0.3, -0.25) is 4.79 Å². The van der Waals surface area contributed by atoms with Gasteiger partial charge in [-0.1, -0.05) is 0 Å². The van der Waals surface area contributed by atoms with Crippen LogP contribution in [0.4, 0.5) is 0 Å². The predicted octanol–water partition coefficient (Wildman–Crippen LogP) is 1.74. The summed E-state index contributed by atoms with van der Waals surface area (Å²) in [5.74, 6) is 1.55. The smallest absolute Gasteiger partial charge is 0.220 e. The van der Waals surface area contributed by atoms with Gasteiger partial charge in [-0.25, -0.2) is 0 Å². The number of nitrogens with one attached hydrogen (secondary N) is 1. The summed E-state index contributed by atoms with van der Waals surface area (Å²) in [5, 5.41) is 2.79. The first-order valence-corrected chi connectivity index (χ1v) is 6.41. The molecule has 0 spiro atoms. The first-order valence-electron chi connectivity index (χ1n) is 6.41. The average molecular weight is 303 g/mol. The van der Waals surface area contributed by atoms with Gasteiger partial charge in [0.2, 0.25) is 5.91 Å². The summed E-state index contributed by atoms with van der Waals surface area (Å²) in [5.41, 5.74) is 5.58. The number of hydrogen-bond acceptors (Lipinski definition) is 4. The third kappa shape index (κ3) is 7.86. The zero-order valence-corrected chi connectivity index (χ0v) is 12.7. The summed E-state index contributed by atoms with van der Waals surface area (Å²) in [4.78, 5) is 11.4. The van der Waals surface area contributed by atoms with E-state index in [1.54, 1.807) is 7.11 Å². The van der Waals surface area contributed by atoms with Crippen LogP contribution >= 0.6 is 12.4 Å². The van der Waals surface area contributed by atoms with Crippen LogP contribution in [-0.4, -0.2) is 32.2 Å². The molecule has 5 nitrogen and oxygen atoms in total. The van der Waals surface area contributed by atoms with Gasteiger partial charge in [0.15, 0.2) is 0 Å². The molecule has 3 N–H and O–H groups in total. The maximum atomic E-state index is 11.4. The molecule has 1 amide bonds. The summed E-state index contributed by atoms with van der Waals surface area (Å²) >= 11 is 0. The SMILES string of the molecule is COc1ccc(OCCNC(=O)CCC(C)N)cc1.Cl. The second-order valence-electron chi connectivity index (χ2n) is 4.39. The fraction of sp³-hybridized carbons (Fsp3) is 0.500. The monoisotopic (exact) mass is 302 g/mol. The number of halogens is 1. The molecular formula is C14H23ClN2O3. The van der Waals surface area contributed by atoms with E-state index in [0.717, 1.165) is 11.5 Å². The van der Waals surface area contributed by atoms with Crippen LogP contribution in [0.1, 0.15) is 19.8 Å². The van der Waals surface area contributed by atoms with Gasteiger partial charge in [0, 0.05) is 12.5 Å². The van der Waals surface area contributed by atoms with Crippen LogP contribution in [0.3, 0.4) is 0 Å². The molecule has 1 aromatic rings. The molecule has 20 heavy (non-hydrogen) atoms. The molecule has 0 radical (unpaired) electrons. The highest BCUT2D eigenvalue weighted by molar-refractivity contribution is 5.85. The topological polar surface area (TPSA) is 73.6 Å². The summed E-state index contributed by atoms with van der Waals surface area (Å²) in [7, 11) is 1.62. The van der Waals surface area contributed by atoms with E-state index in [4.69, 9.17) is 15.2 Å². The molecule has 0 bridgehead atoms. The number of methoxy groups -OCH3 is 1. The first kappa shape index (κ1) is 18.5. The van der Waals surface area contributed by atoms with Gasteiger partial charge in [0.1, 0.15) is 18.1 Å². The maximum Gasteiger partial charge on any atom is 0.220 e. The minimum absolute atomic E-state index is 0. The fourth-order valence-electron chi connectivity index (χ4n) is 1.48. The Bertz CT molecular complexity index is 383. The first-order chi connectivity index (χ1) is 9.11. The van der Waals surface area contributed by atoms with Gasteiger partial charge in [-0.05, 0) is 37.6 Å². The van der Waals surface area contributed by atoms with Crippen LogP contribution in [0, 0.1) is 0 Å². The van der Waals surface area contributed by atoms with Crippen molar-refractivity contribution < 1.29 is 14.3 Å². The molecule has 114 valence electrons. The normalized spacial score (nSPS) is 11.2. The van der Waals surface area contributed by atoms with Crippen molar-refractivity contribution in [3.8, 4) is 11.5 Å². The fourth-order valence-corrected chi connectivity index (χ4v) is 1.48. The van der Waals surface area contributed by atoms with E-state index in [1.165, 1.54) is 0 Å². The zero-order chi connectivity index (χ0) is 14.1. The molecule has 0 aliphatic carbocycles. The van der Waals surface area contributed by atoms with E-state index < -0.39 is 0 Å². The number of hydrogen-bond donors (Lipinski definition) is 2. The highest BCUT2D eigenvalue weighted by Gasteiger charge is 2.02. The second-order valence-corrected chi connectivity index (χ2v) is 4.39. The summed E-state index contributed by atoms with van der Waals surface area (Å²) < 4.78 is 10.5. The second kappa shape index (κ2) is 10.3. The molecule has 0 aliphatic rings. The minimum atomic E-state index is 0. The van der Waals surface area contributed by atoms with Crippen LogP contribution < -0.4 is 20.5 Å². The third-order valence-electron chi connectivity index (χ3n) is 2.58. The average Bonchev–Trinajstić information content (AvgIpc) is 2.42. The molecule has 0 heterocycles. The maximum absolute atomic E-state index is 11.4. The molecule has 1 atom stereocenters. The van der Waals surface area contributed by atoms with Crippen molar-refractivity contribution in [2.24, 2.45) is 5.73 Å². The van der Waals surface area contributed by atoms with Crippen LogP contribution in [0.2, 0.25) is 0 Å². The number of rotatable bonds is 8. The largest absolute Gasteiger partial charge is 0.497 e. The van der Waals surface area contributed by atoms with E-state index in [-0.39, 0.29) is 24.4 Å². The van der Waals surface area contributed by atoms with Gasteiger partial charge in [0.25, 0.3) is 0 Å². The quantitative estimate of drug-likeness (QED) is 0.717. The molecule has 0 aromatic heterocycles. The van der Waals surface area contributed by atoms with E-state index in [2.05, 4.69) is 5.32 Å². The predicted molar refractivity (Wildman–Crippen MR) is 81.6 cm³/mol. The Kier molecular flexibility index (Phi) is 9.59. The molecular weight excluding hydrogens is 280 g/mol. The van der Waals surface area contributed by atoms with Crippen molar-refractivity contribution in [1.29, 1.82) is 0 Å². The summed E-state index contributed by atoms with van der Waals surface area (Å²) in [6.07, 6.45) is 1.16. The van der Waals surface area contributed by atoms with Gasteiger partial charge in [0.05, 0.1) is 13.7 Å². The van der Waals surface area contributed by atoms with Gasteiger partial charge < -0.3 is 20.5 Å². The number of nitrogens with two attached hydrogens (primary N) is 1. The third-order valence-corrected chi connectivity index (χ3v) is 2.58. The number of ether oxygens (including phenoxy) is 2. The lowest BCUT2D eigenvalue weighted by atomic mass is 10.2. The van der Waals surface area contributed by atoms with E-state index >= 15 is 0 Å². The molecule has 0 fully saturated rings. The molecule has 0 saturated carbocycles. The van der Waals surface area contributed by atoms with Crippen molar-refractivity contribution in [1.82, 2.24) is 5.32 Å². The number of benzene rings is 1. The van der Waals surface area contributed by atoms with Crippen LogP contribution in [0.25, 0.3) is 0 Å². The molecule has 0 aliphatic heterocycles. The highest BCUT2D eigenvalue weighted by Crippen LogP contribution is 2.16. The van der Waals surface area contributed by atoms with Crippen molar-refractivity contribution in [2.75, 3.05) is 20.3 Å². The molecule has 6 heteroatoms. The van der Waals surface area contributed by atoms with Crippen LogP contribution in [-0.2, 0) is 4.79 Å². The Morgan fingerprint density at radius 1 is 1.30 bits per heavy atom. The Morgan fingerprint density at radius 2 is 1.90 bits per heavy atom. The lowest BCUT2D eigenvalue weighted by Gasteiger charge is -2.09. The lowest BCUT2D eigenvalue weighted by molar-refractivity contribution is -0.121. The van der Waals surface area contributed by atoms with Gasteiger partial charge >= 0.3 is 0 Å². The van der Waals surface area contributed by atoms with E-state index in [1.807, 2.05) is 31.2 Å². The molecule has 0 saturated heterocycles. The lowest BCUT2D eigenvalue weighted by Crippen LogP contribution is -2.29. The Morgan fingerprint density at radius 3 is 2.45 bits per heavy atom. The summed E-state index contributed by atoms with van der Waals surface area (Å²) in [6, 6.07) is 7.38. The summed E-state index contributed by atoms with van der Waals surface area (Å²) in [6.45, 7) is 2.82. The minimum Gasteiger partial charge on any atom is -0.497 e. The van der Waals surface area contributed by atoms with Crippen LogP contribution in [0.5, 0.6) is 11.5 Å².